The van der Waals surface area contributed by atoms with Crippen molar-refractivity contribution < 1.29 is 19.4 Å². The van der Waals surface area contributed by atoms with Gasteiger partial charge < -0.3 is 14.7 Å². The van der Waals surface area contributed by atoms with Crippen LogP contribution in [0.25, 0.3) is 5.76 Å². The van der Waals surface area contributed by atoms with E-state index in [-0.39, 0.29) is 17.9 Å². The van der Waals surface area contributed by atoms with Gasteiger partial charge in [0.15, 0.2) is 0 Å². The number of nitrogens with zero attached hydrogens (tertiary/aromatic N) is 1. The summed E-state index contributed by atoms with van der Waals surface area (Å²) in [5.74, 6) is -0.960. The number of carbonyl (C=O) groups is 2. The molecule has 0 radical (unpaired) electrons. The molecular formula is C23H21NO4. The van der Waals surface area contributed by atoms with E-state index in [1.165, 1.54) is 4.90 Å². The van der Waals surface area contributed by atoms with Gasteiger partial charge in [-0.3, -0.25) is 9.59 Å². The van der Waals surface area contributed by atoms with Crippen molar-refractivity contribution in [2.75, 3.05) is 13.2 Å². The predicted molar refractivity (Wildman–Crippen MR) is 108 cm³/mol. The van der Waals surface area contributed by atoms with E-state index in [4.69, 9.17) is 4.74 Å². The Morgan fingerprint density at radius 1 is 1.04 bits per heavy atom. The van der Waals surface area contributed by atoms with Crippen LogP contribution in [-0.2, 0) is 9.59 Å². The molecule has 28 heavy (non-hydrogen) atoms. The molecule has 2 aromatic rings. The molecule has 1 heterocycles. The minimum absolute atomic E-state index is 0.0674. The molecule has 1 unspecified atom stereocenters. The molecule has 1 amide bonds. The third-order valence-corrected chi connectivity index (χ3v) is 4.48. The average Bonchev–Trinajstić information content (AvgIpc) is 2.98. The fourth-order valence-corrected chi connectivity index (χ4v) is 3.21. The number of ether oxygens (including phenoxy) is 1. The first-order valence-electron chi connectivity index (χ1n) is 8.87. The van der Waals surface area contributed by atoms with Crippen LogP contribution in [0.2, 0.25) is 0 Å². The van der Waals surface area contributed by atoms with E-state index in [0.29, 0.717) is 17.9 Å². The van der Waals surface area contributed by atoms with Crippen molar-refractivity contribution in [3.05, 3.63) is 96.6 Å². The van der Waals surface area contributed by atoms with E-state index in [2.05, 4.69) is 13.2 Å². The van der Waals surface area contributed by atoms with Crippen LogP contribution in [0.4, 0.5) is 0 Å². The fraction of sp³-hybridized carbons (Fsp3) is 0.130. The number of likely N-dealkylation sites (tertiary alicyclic amines) is 1. The lowest BCUT2D eigenvalue weighted by molar-refractivity contribution is -0.139. The largest absolute Gasteiger partial charge is 0.507 e. The van der Waals surface area contributed by atoms with Gasteiger partial charge >= 0.3 is 0 Å². The number of aliphatic hydroxyl groups excluding tert-OH is 1. The monoisotopic (exact) mass is 375 g/mol. The summed E-state index contributed by atoms with van der Waals surface area (Å²) in [4.78, 5) is 26.7. The van der Waals surface area contributed by atoms with Crippen molar-refractivity contribution in [1.29, 1.82) is 0 Å². The maximum Gasteiger partial charge on any atom is 0.295 e. The number of carbonyl (C=O) groups excluding carboxylic acids is 2. The van der Waals surface area contributed by atoms with Gasteiger partial charge in [0.1, 0.15) is 18.1 Å². The second-order valence-corrected chi connectivity index (χ2v) is 6.27. The van der Waals surface area contributed by atoms with Gasteiger partial charge in [-0.05, 0) is 29.8 Å². The Morgan fingerprint density at radius 2 is 1.71 bits per heavy atom. The first-order chi connectivity index (χ1) is 13.6. The lowest BCUT2D eigenvalue weighted by atomic mass is 9.95. The third kappa shape index (κ3) is 3.60. The maximum atomic E-state index is 12.7. The summed E-state index contributed by atoms with van der Waals surface area (Å²) in [6, 6.07) is 15.2. The number of Topliss-reactive ketones (excluding diaryl/α,β-unsaturated/α-hetero) is 1. The molecule has 0 aliphatic carbocycles. The number of ketones is 1. The van der Waals surface area contributed by atoms with E-state index in [1.54, 1.807) is 36.4 Å². The number of amides is 1. The standard InChI is InChI=1S/C23H21NO4/c1-3-14-24-20(16-8-6-5-7-9-16)19(22(26)23(24)27)21(25)17-10-12-18(13-11-17)28-15-4-2/h3-13,20,25H,1-2,14-15H2. The molecular weight excluding hydrogens is 354 g/mol. The Labute approximate surface area is 163 Å². The van der Waals surface area contributed by atoms with Gasteiger partial charge in [0.2, 0.25) is 0 Å². The first kappa shape index (κ1) is 19.2. The van der Waals surface area contributed by atoms with E-state index in [0.717, 1.165) is 5.56 Å². The molecule has 5 heteroatoms. The average molecular weight is 375 g/mol. The van der Waals surface area contributed by atoms with Crippen molar-refractivity contribution >= 4 is 17.4 Å². The second kappa shape index (κ2) is 8.39. The summed E-state index contributed by atoms with van der Waals surface area (Å²) in [7, 11) is 0. The molecule has 1 N–H and O–H groups in total. The van der Waals surface area contributed by atoms with Crippen LogP contribution in [0, 0.1) is 0 Å². The van der Waals surface area contributed by atoms with Gasteiger partial charge in [-0.15, -0.1) is 6.58 Å². The lowest BCUT2D eigenvalue weighted by Crippen LogP contribution is -2.29. The molecule has 0 aromatic heterocycles. The Morgan fingerprint density at radius 3 is 2.32 bits per heavy atom. The highest BCUT2D eigenvalue weighted by molar-refractivity contribution is 6.46. The molecule has 0 saturated carbocycles. The van der Waals surface area contributed by atoms with Crippen LogP contribution in [0.1, 0.15) is 17.2 Å². The zero-order valence-electron chi connectivity index (χ0n) is 15.4. The van der Waals surface area contributed by atoms with Gasteiger partial charge in [-0.2, -0.15) is 0 Å². The van der Waals surface area contributed by atoms with Crippen LogP contribution < -0.4 is 4.74 Å². The van der Waals surface area contributed by atoms with Gasteiger partial charge in [-0.1, -0.05) is 49.1 Å². The number of rotatable bonds is 7. The molecule has 0 bridgehead atoms. The van der Waals surface area contributed by atoms with Gasteiger partial charge in [-0.25, -0.2) is 0 Å². The number of aliphatic hydroxyl groups is 1. The highest BCUT2D eigenvalue weighted by Crippen LogP contribution is 2.39. The topological polar surface area (TPSA) is 66.8 Å². The minimum Gasteiger partial charge on any atom is -0.507 e. The van der Waals surface area contributed by atoms with Crippen molar-refractivity contribution in [2.24, 2.45) is 0 Å². The molecule has 3 rings (SSSR count). The lowest BCUT2D eigenvalue weighted by Gasteiger charge is -2.24. The number of hydrogen-bond donors (Lipinski definition) is 1. The highest BCUT2D eigenvalue weighted by atomic mass is 16.5. The quantitative estimate of drug-likeness (QED) is 0.345. The van der Waals surface area contributed by atoms with Crippen LogP contribution in [0.15, 0.2) is 85.5 Å². The van der Waals surface area contributed by atoms with E-state index < -0.39 is 17.7 Å². The Hall–Kier alpha value is -3.60. The minimum atomic E-state index is -0.708. The number of benzene rings is 2. The highest BCUT2D eigenvalue weighted by Gasteiger charge is 2.45. The van der Waals surface area contributed by atoms with Crippen molar-refractivity contribution in [1.82, 2.24) is 4.90 Å². The molecule has 142 valence electrons. The van der Waals surface area contributed by atoms with Gasteiger partial charge in [0.05, 0.1) is 11.6 Å². The van der Waals surface area contributed by atoms with Crippen LogP contribution in [0.5, 0.6) is 5.75 Å². The van der Waals surface area contributed by atoms with E-state index in [9.17, 15) is 14.7 Å². The first-order valence-corrected chi connectivity index (χ1v) is 8.87. The summed E-state index contributed by atoms with van der Waals surface area (Å²) >= 11 is 0. The number of hydrogen-bond acceptors (Lipinski definition) is 4. The molecule has 1 aliphatic rings. The van der Waals surface area contributed by atoms with Crippen LogP contribution >= 0.6 is 0 Å². The maximum absolute atomic E-state index is 12.7. The van der Waals surface area contributed by atoms with Gasteiger partial charge in [0, 0.05) is 12.1 Å². The van der Waals surface area contributed by atoms with Crippen LogP contribution in [-0.4, -0.2) is 34.8 Å². The Bertz CT molecular complexity index is 929. The molecule has 2 aromatic carbocycles. The Kier molecular flexibility index (Phi) is 5.75. The van der Waals surface area contributed by atoms with Crippen molar-refractivity contribution in [3.63, 3.8) is 0 Å². The molecule has 1 atom stereocenters. The Balaban J connectivity index is 2.07. The zero-order valence-corrected chi connectivity index (χ0v) is 15.4. The summed E-state index contributed by atoms with van der Waals surface area (Å²) in [5, 5.41) is 10.9. The smallest absolute Gasteiger partial charge is 0.295 e. The van der Waals surface area contributed by atoms with Crippen LogP contribution in [0.3, 0.4) is 0 Å². The summed E-state index contributed by atoms with van der Waals surface area (Å²) < 4.78 is 5.44. The summed E-state index contributed by atoms with van der Waals surface area (Å²) in [6.45, 7) is 7.84. The second-order valence-electron chi connectivity index (χ2n) is 6.27. The molecule has 1 saturated heterocycles. The zero-order chi connectivity index (χ0) is 20.1. The fourth-order valence-electron chi connectivity index (χ4n) is 3.21. The third-order valence-electron chi connectivity index (χ3n) is 4.48. The summed E-state index contributed by atoms with van der Waals surface area (Å²) in [6.07, 6.45) is 3.20. The van der Waals surface area contributed by atoms with E-state index in [1.807, 2.05) is 30.3 Å². The molecule has 1 aliphatic heterocycles. The van der Waals surface area contributed by atoms with E-state index >= 15 is 0 Å². The molecule has 5 nitrogen and oxygen atoms in total. The van der Waals surface area contributed by atoms with Crippen molar-refractivity contribution in [2.45, 2.75) is 6.04 Å². The van der Waals surface area contributed by atoms with Gasteiger partial charge in [0.25, 0.3) is 11.7 Å². The normalized spacial score (nSPS) is 18.1. The SMILES string of the molecule is C=CCOc1ccc(C(O)=C2C(=O)C(=O)N(CC=C)C2c2ccccc2)cc1. The molecule has 0 spiro atoms. The molecule has 1 fully saturated rings. The predicted octanol–water partition coefficient (Wildman–Crippen LogP) is 3.86. The summed E-state index contributed by atoms with van der Waals surface area (Å²) in [5.41, 5.74) is 1.25. The van der Waals surface area contributed by atoms with Crippen molar-refractivity contribution in [3.8, 4) is 5.75 Å².